The van der Waals surface area contributed by atoms with Crippen LogP contribution in [0, 0.1) is 13.8 Å². The van der Waals surface area contributed by atoms with Crippen molar-refractivity contribution in [2.75, 3.05) is 32.0 Å². The lowest BCUT2D eigenvalue weighted by molar-refractivity contribution is -0.940. The van der Waals surface area contributed by atoms with Crippen LogP contribution in [0.3, 0.4) is 0 Å². The zero-order valence-corrected chi connectivity index (χ0v) is 16.7. The second-order valence-electron chi connectivity index (χ2n) is 7.62. The Labute approximate surface area is 157 Å². The number of unbranched alkanes of at least 4 members (excludes halogenated alkanes) is 1. The molecule has 1 saturated heterocycles. The lowest BCUT2D eigenvalue weighted by Gasteiger charge is -2.46. The van der Waals surface area contributed by atoms with Crippen LogP contribution in [-0.4, -0.2) is 49.0 Å². The molecule has 1 aliphatic rings. The predicted octanol–water partition coefficient (Wildman–Crippen LogP) is 3.16. The van der Waals surface area contributed by atoms with E-state index in [0.717, 1.165) is 62.0 Å². The van der Waals surface area contributed by atoms with Gasteiger partial charge in [-0.3, -0.25) is 9.59 Å². The van der Waals surface area contributed by atoms with Crippen molar-refractivity contribution < 1.29 is 14.1 Å². The number of benzene rings is 1. The molecule has 0 spiro atoms. The van der Waals surface area contributed by atoms with Crippen LogP contribution in [0.1, 0.15) is 50.2 Å². The van der Waals surface area contributed by atoms with Crippen molar-refractivity contribution in [1.29, 1.82) is 0 Å². The number of carbonyl (C=O) groups excluding carboxylic acids is 2. The smallest absolute Gasteiger partial charge is 0.282 e. The lowest BCUT2D eigenvalue weighted by atomic mass is 9.95. The van der Waals surface area contributed by atoms with Gasteiger partial charge >= 0.3 is 0 Å². The van der Waals surface area contributed by atoms with E-state index < -0.39 is 0 Å². The number of quaternary nitrogens is 1. The summed E-state index contributed by atoms with van der Waals surface area (Å²) in [6.45, 7) is 8.38. The lowest BCUT2D eigenvalue weighted by Crippen LogP contribution is -2.65. The number of rotatable bonds is 7. The number of para-hydroxylation sites is 1. The highest BCUT2D eigenvalue weighted by Crippen LogP contribution is 2.29. The molecule has 1 aliphatic heterocycles. The van der Waals surface area contributed by atoms with Gasteiger partial charge in [0.2, 0.25) is 0 Å². The molecule has 0 saturated carbocycles. The summed E-state index contributed by atoms with van der Waals surface area (Å²) in [5.41, 5.74) is 3.07. The standard InChI is InChI=1S/C21H33N3O2/c1-5-6-13-24(15-19(25)22-4)14-8-7-12-18(24)21(26)23-20-16(2)10-9-11-17(20)3/h9-11,18H,5-8,12-15H2,1-4H3,(H-,22,23,25,26)/p+1. The van der Waals surface area contributed by atoms with Gasteiger partial charge in [0.1, 0.15) is 0 Å². The van der Waals surface area contributed by atoms with E-state index in [4.69, 9.17) is 0 Å². The molecule has 5 heteroatoms. The summed E-state index contributed by atoms with van der Waals surface area (Å²) in [6, 6.07) is 5.89. The van der Waals surface area contributed by atoms with Gasteiger partial charge in [0, 0.05) is 19.2 Å². The van der Waals surface area contributed by atoms with Gasteiger partial charge in [0.15, 0.2) is 12.6 Å². The number of piperidine rings is 1. The SMILES string of the molecule is CCCC[N+]1(CC(=O)NC)CCCCC1C(=O)Nc1c(C)cccc1C. The monoisotopic (exact) mass is 360 g/mol. The first-order valence-corrected chi connectivity index (χ1v) is 9.87. The molecular weight excluding hydrogens is 326 g/mol. The zero-order chi connectivity index (χ0) is 19.2. The van der Waals surface area contributed by atoms with Crippen LogP contribution in [0.15, 0.2) is 18.2 Å². The molecule has 144 valence electrons. The Morgan fingerprint density at radius 3 is 2.50 bits per heavy atom. The first-order valence-electron chi connectivity index (χ1n) is 9.87. The fourth-order valence-corrected chi connectivity index (χ4v) is 4.17. The normalized spacial score (nSPS) is 22.7. The summed E-state index contributed by atoms with van der Waals surface area (Å²) in [4.78, 5) is 25.5. The molecule has 2 unspecified atom stereocenters. The van der Waals surface area contributed by atoms with Crippen molar-refractivity contribution in [1.82, 2.24) is 5.32 Å². The van der Waals surface area contributed by atoms with Gasteiger partial charge in [-0.2, -0.15) is 0 Å². The maximum Gasteiger partial charge on any atom is 0.282 e. The van der Waals surface area contributed by atoms with Gasteiger partial charge in [0.25, 0.3) is 11.8 Å². The molecule has 1 fully saturated rings. The Morgan fingerprint density at radius 1 is 1.19 bits per heavy atom. The number of carbonyl (C=O) groups is 2. The molecule has 0 aromatic heterocycles. The van der Waals surface area contributed by atoms with Crippen LogP contribution in [0.4, 0.5) is 5.69 Å². The summed E-state index contributed by atoms with van der Waals surface area (Å²) >= 11 is 0. The van der Waals surface area contributed by atoms with Crippen molar-refractivity contribution in [2.45, 2.75) is 58.9 Å². The van der Waals surface area contributed by atoms with Gasteiger partial charge in [-0.25, -0.2) is 0 Å². The summed E-state index contributed by atoms with van der Waals surface area (Å²) in [7, 11) is 1.67. The molecule has 5 nitrogen and oxygen atoms in total. The molecule has 1 aromatic rings. The fourth-order valence-electron chi connectivity index (χ4n) is 4.17. The third-order valence-electron chi connectivity index (χ3n) is 5.72. The number of nitrogens with one attached hydrogen (secondary N) is 2. The maximum absolute atomic E-state index is 13.3. The molecule has 2 N–H and O–H groups in total. The largest absolute Gasteiger partial charge is 0.354 e. The zero-order valence-electron chi connectivity index (χ0n) is 16.7. The van der Waals surface area contributed by atoms with Crippen molar-refractivity contribution >= 4 is 17.5 Å². The number of aryl methyl sites for hydroxylation is 2. The quantitative estimate of drug-likeness (QED) is 0.734. The van der Waals surface area contributed by atoms with Crippen LogP contribution < -0.4 is 10.6 Å². The minimum atomic E-state index is -0.161. The van der Waals surface area contributed by atoms with E-state index in [-0.39, 0.29) is 17.9 Å². The number of amides is 2. The number of anilines is 1. The van der Waals surface area contributed by atoms with Crippen molar-refractivity contribution in [3.63, 3.8) is 0 Å². The predicted molar refractivity (Wildman–Crippen MR) is 106 cm³/mol. The van der Waals surface area contributed by atoms with E-state index in [0.29, 0.717) is 11.0 Å². The second kappa shape index (κ2) is 9.17. The molecule has 1 aromatic carbocycles. The van der Waals surface area contributed by atoms with Gasteiger partial charge in [0.05, 0.1) is 13.1 Å². The average molecular weight is 361 g/mol. The third-order valence-corrected chi connectivity index (χ3v) is 5.72. The molecule has 2 rings (SSSR count). The number of hydrogen-bond acceptors (Lipinski definition) is 2. The Kier molecular flexibility index (Phi) is 7.21. The van der Waals surface area contributed by atoms with Gasteiger partial charge in [-0.15, -0.1) is 0 Å². The van der Waals surface area contributed by atoms with Gasteiger partial charge in [-0.1, -0.05) is 31.5 Å². The summed E-state index contributed by atoms with van der Waals surface area (Å²) in [5, 5.41) is 5.94. The Bertz CT molecular complexity index is 624. The highest BCUT2D eigenvalue weighted by Gasteiger charge is 2.44. The molecular formula is C21H34N3O2+. The van der Waals surface area contributed by atoms with Crippen LogP contribution in [-0.2, 0) is 9.59 Å². The summed E-state index contributed by atoms with van der Waals surface area (Å²) in [5.74, 6) is 0.0787. The number of likely N-dealkylation sites (N-methyl/N-ethyl adjacent to an activating group) is 1. The highest BCUT2D eigenvalue weighted by molar-refractivity contribution is 5.95. The number of likely N-dealkylation sites (tertiary alicyclic amines) is 1. The maximum atomic E-state index is 13.3. The Hall–Kier alpha value is -1.88. The average Bonchev–Trinajstić information content (AvgIpc) is 2.63. The van der Waals surface area contributed by atoms with E-state index >= 15 is 0 Å². The molecule has 2 amide bonds. The minimum Gasteiger partial charge on any atom is -0.354 e. The minimum absolute atomic E-state index is 0.0212. The van der Waals surface area contributed by atoms with Gasteiger partial charge in [-0.05, 0) is 44.2 Å². The van der Waals surface area contributed by atoms with Gasteiger partial charge < -0.3 is 15.1 Å². The summed E-state index contributed by atoms with van der Waals surface area (Å²) < 4.78 is 0.588. The molecule has 0 bridgehead atoms. The molecule has 0 aliphatic carbocycles. The fraction of sp³-hybridized carbons (Fsp3) is 0.619. The van der Waals surface area contributed by atoms with E-state index in [1.165, 1.54) is 0 Å². The molecule has 26 heavy (non-hydrogen) atoms. The van der Waals surface area contributed by atoms with E-state index in [9.17, 15) is 9.59 Å². The van der Waals surface area contributed by atoms with Crippen LogP contribution >= 0.6 is 0 Å². The Morgan fingerprint density at radius 2 is 1.88 bits per heavy atom. The van der Waals surface area contributed by atoms with E-state index in [1.807, 2.05) is 32.0 Å². The third kappa shape index (κ3) is 4.64. The molecule has 1 heterocycles. The van der Waals surface area contributed by atoms with Crippen LogP contribution in [0.2, 0.25) is 0 Å². The highest BCUT2D eigenvalue weighted by atomic mass is 16.2. The first-order chi connectivity index (χ1) is 12.4. The molecule has 2 atom stereocenters. The van der Waals surface area contributed by atoms with E-state index in [1.54, 1.807) is 7.05 Å². The topological polar surface area (TPSA) is 58.2 Å². The van der Waals surface area contributed by atoms with Crippen molar-refractivity contribution in [3.8, 4) is 0 Å². The van der Waals surface area contributed by atoms with Crippen LogP contribution in [0.5, 0.6) is 0 Å². The van der Waals surface area contributed by atoms with Crippen molar-refractivity contribution in [3.05, 3.63) is 29.3 Å². The first kappa shape index (κ1) is 20.4. The van der Waals surface area contributed by atoms with Crippen molar-refractivity contribution in [2.24, 2.45) is 0 Å². The van der Waals surface area contributed by atoms with E-state index in [2.05, 4.69) is 17.6 Å². The number of hydrogen-bond donors (Lipinski definition) is 2. The Balaban J connectivity index is 2.28. The van der Waals surface area contributed by atoms with Crippen LogP contribution in [0.25, 0.3) is 0 Å². The number of nitrogens with zero attached hydrogens (tertiary/aromatic N) is 1. The second-order valence-corrected chi connectivity index (χ2v) is 7.62. The molecule has 0 radical (unpaired) electrons. The summed E-state index contributed by atoms with van der Waals surface area (Å²) in [6.07, 6.45) is 5.07.